The molecule has 2 rings (SSSR count). The molecule has 2 heterocycles. The fourth-order valence-electron chi connectivity index (χ4n) is 1.60. The molecule has 0 aromatic carbocycles. The fourth-order valence-corrected chi connectivity index (χ4v) is 1.60. The zero-order valence-electron chi connectivity index (χ0n) is 9.24. The number of nitro groups is 1. The van der Waals surface area contributed by atoms with Crippen molar-refractivity contribution >= 4 is 5.69 Å². The van der Waals surface area contributed by atoms with Crippen molar-refractivity contribution in [1.29, 1.82) is 0 Å². The van der Waals surface area contributed by atoms with Crippen LogP contribution in [0.15, 0.2) is 18.3 Å². The Labute approximate surface area is 97.5 Å². The molecule has 2 atom stereocenters. The molecule has 1 fully saturated rings. The first-order chi connectivity index (χ1) is 8.22. The van der Waals surface area contributed by atoms with Gasteiger partial charge in [-0.2, -0.15) is 0 Å². The Hall–Kier alpha value is -1.73. The molecule has 1 aliphatic heterocycles. The van der Waals surface area contributed by atoms with Gasteiger partial charge in [-0.15, -0.1) is 0 Å². The Morgan fingerprint density at radius 1 is 1.53 bits per heavy atom. The summed E-state index contributed by atoms with van der Waals surface area (Å²) in [5.74, 6) is -0.00458. The normalized spacial score (nSPS) is 23.6. The highest BCUT2D eigenvalue weighted by molar-refractivity contribution is 5.39. The molecule has 0 N–H and O–H groups in total. The molecule has 0 saturated carbocycles. The summed E-state index contributed by atoms with van der Waals surface area (Å²) in [5.41, 5.74) is -0.158. The molecule has 0 bridgehead atoms. The van der Waals surface area contributed by atoms with Gasteiger partial charge in [0.05, 0.1) is 18.1 Å². The summed E-state index contributed by atoms with van der Waals surface area (Å²) in [6.45, 7) is 0.758. The largest absolute Gasteiger partial charge is 0.464 e. The highest BCUT2D eigenvalue weighted by atomic mass is 16.6. The van der Waals surface area contributed by atoms with Gasteiger partial charge in [-0.25, -0.2) is 4.98 Å². The first-order valence-electron chi connectivity index (χ1n) is 5.09. The van der Waals surface area contributed by atoms with E-state index in [4.69, 9.17) is 14.2 Å². The van der Waals surface area contributed by atoms with Crippen LogP contribution in [0.3, 0.4) is 0 Å². The minimum atomic E-state index is -0.528. The highest BCUT2D eigenvalue weighted by Gasteiger charge is 2.32. The topological polar surface area (TPSA) is 83.7 Å². The van der Waals surface area contributed by atoms with Crippen LogP contribution in [0, 0.1) is 10.1 Å². The third kappa shape index (κ3) is 2.51. The molecule has 17 heavy (non-hydrogen) atoms. The van der Waals surface area contributed by atoms with E-state index in [-0.39, 0.29) is 23.8 Å². The SMILES string of the molecule is COC1COCC1Oc1ncccc1[N+](=O)[O-]. The minimum Gasteiger partial charge on any atom is -0.464 e. The van der Waals surface area contributed by atoms with Gasteiger partial charge in [0.2, 0.25) is 0 Å². The summed E-state index contributed by atoms with van der Waals surface area (Å²) in [6.07, 6.45) is 0.852. The van der Waals surface area contributed by atoms with Crippen LogP contribution in [0.1, 0.15) is 0 Å². The third-order valence-corrected chi connectivity index (χ3v) is 2.49. The molecule has 1 aromatic heterocycles. The van der Waals surface area contributed by atoms with Crippen molar-refractivity contribution in [3.63, 3.8) is 0 Å². The molecule has 0 spiro atoms. The average molecular weight is 240 g/mol. The van der Waals surface area contributed by atoms with E-state index in [1.54, 1.807) is 7.11 Å². The summed E-state index contributed by atoms with van der Waals surface area (Å²) in [7, 11) is 1.54. The molecule has 0 amide bonds. The summed E-state index contributed by atoms with van der Waals surface area (Å²) >= 11 is 0. The van der Waals surface area contributed by atoms with Crippen LogP contribution in [-0.4, -0.2) is 42.4 Å². The first-order valence-corrected chi connectivity index (χ1v) is 5.09. The quantitative estimate of drug-likeness (QED) is 0.571. The highest BCUT2D eigenvalue weighted by Crippen LogP contribution is 2.26. The zero-order chi connectivity index (χ0) is 12.3. The number of nitrogens with zero attached hydrogens (tertiary/aromatic N) is 2. The number of pyridine rings is 1. The van der Waals surface area contributed by atoms with Gasteiger partial charge in [0.15, 0.2) is 6.10 Å². The average Bonchev–Trinajstić information content (AvgIpc) is 2.77. The van der Waals surface area contributed by atoms with Crippen molar-refractivity contribution in [3.05, 3.63) is 28.4 Å². The molecule has 1 aromatic rings. The van der Waals surface area contributed by atoms with Crippen LogP contribution in [0.4, 0.5) is 5.69 Å². The number of rotatable bonds is 4. The lowest BCUT2D eigenvalue weighted by atomic mass is 10.2. The lowest BCUT2D eigenvalue weighted by Gasteiger charge is -2.16. The molecule has 1 aliphatic rings. The number of ether oxygens (including phenoxy) is 3. The Morgan fingerprint density at radius 3 is 3.00 bits per heavy atom. The molecular weight excluding hydrogens is 228 g/mol. The van der Waals surface area contributed by atoms with E-state index in [9.17, 15) is 10.1 Å². The second kappa shape index (κ2) is 5.07. The van der Waals surface area contributed by atoms with Crippen molar-refractivity contribution in [2.24, 2.45) is 0 Å². The van der Waals surface area contributed by atoms with E-state index < -0.39 is 4.92 Å². The fraction of sp³-hybridized carbons (Fsp3) is 0.500. The zero-order valence-corrected chi connectivity index (χ0v) is 9.24. The smallest absolute Gasteiger partial charge is 0.330 e. The molecule has 2 unspecified atom stereocenters. The van der Waals surface area contributed by atoms with Crippen LogP contribution in [-0.2, 0) is 9.47 Å². The molecular formula is C10H12N2O5. The van der Waals surface area contributed by atoms with E-state index in [0.29, 0.717) is 13.2 Å². The maximum Gasteiger partial charge on any atom is 0.330 e. The van der Waals surface area contributed by atoms with Crippen molar-refractivity contribution < 1.29 is 19.1 Å². The Balaban J connectivity index is 2.15. The van der Waals surface area contributed by atoms with Gasteiger partial charge < -0.3 is 14.2 Å². The van der Waals surface area contributed by atoms with Gasteiger partial charge in [-0.3, -0.25) is 10.1 Å². The number of methoxy groups -OCH3 is 1. The van der Waals surface area contributed by atoms with Gasteiger partial charge in [0, 0.05) is 19.4 Å². The molecule has 7 heteroatoms. The van der Waals surface area contributed by atoms with Gasteiger partial charge in [-0.05, 0) is 6.07 Å². The van der Waals surface area contributed by atoms with Gasteiger partial charge >= 0.3 is 5.69 Å². The van der Waals surface area contributed by atoms with Gasteiger partial charge in [-0.1, -0.05) is 0 Å². The van der Waals surface area contributed by atoms with Crippen molar-refractivity contribution in [2.75, 3.05) is 20.3 Å². The number of hydrogen-bond acceptors (Lipinski definition) is 6. The maximum absolute atomic E-state index is 10.8. The Bertz CT molecular complexity index is 411. The van der Waals surface area contributed by atoms with Crippen LogP contribution in [0.25, 0.3) is 0 Å². The predicted molar refractivity (Wildman–Crippen MR) is 56.9 cm³/mol. The summed E-state index contributed by atoms with van der Waals surface area (Å²) < 4.78 is 15.8. The van der Waals surface area contributed by atoms with Crippen molar-refractivity contribution in [3.8, 4) is 5.88 Å². The second-order valence-corrected chi connectivity index (χ2v) is 3.55. The Kier molecular flexibility index (Phi) is 3.50. The van der Waals surface area contributed by atoms with Crippen LogP contribution in [0.2, 0.25) is 0 Å². The number of aromatic nitrogens is 1. The predicted octanol–water partition coefficient (Wildman–Crippen LogP) is 0.782. The lowest BCUT2D eigenvalue weighted by molar-refractivity contribution is -0.386. The maximum atomic E-state index is 10.8. The number of hydrogen-bond donors (Lipinski definition) is 0. The van der Waals surface area contributed by atoms with E-state index in [2.05, 4.69) is 4.98 Å². The van der Waals surface area contributed by atoms with E-state index in [1.165, 1.54) is 18.3 Å². The van der Waals surface area contributed by atoms with Crippen LogP contribution >= 0.6 is 0 Å². The molecule has 0 radical (unpaired) electrons. The van der Waals surface area contributed by atoms with Crippen molar-refractivity contribution in [1.82, 2.24) is 4.98 Å². The molecule has 7 nitrogen and oxygen atoms in total. The Morgan fingerprint density at radius 2 is 2.29 bits per heavy atom. The van der Waals surface area contributed by atoms with Gasteiger partial charge in [0.1, 0.15) is 6.10 Å². The van der Waals surface area contributed by atoms with E-state index in [1.807, 2.05) is 0 Å². The summed E-state index contributed by atoms with van der Waals surface area (Å²) in [4.78, 5) is 14.1. The van der Waals surface area contributed by atoms with E-state index in [0.717, 1.165) is 0 Å². The standard InChI is InChI=1S/C10H12N2O5/c1-15-8-5-16-6-9(8)17-10-7(12(13)14)3-2-4-11-10/h2-4,8-9H,5-6H2,1H3. The monoisotopic (exact) mass is 240 g/mol. The minimum absolute atomic E-state index is 0.00458. The van der Waals surface area contributed by atoms with Crippen LogP contribution in [0.5, 0.6) is 5.88 Å². The van der Waals surface area contributed by atoms with Crippen molar-refractivity contribution in [2.45, 2.75) is 12.2 Å². The summed E-state index contributed by atoms with van der Waals surface area (Å²) in [6, 6.07) is 2.84. The molecule has 0 aliphatic carbocycles. The second-order valence-electron chi connectivity index (χ2n) is 3.55. The third-order valence-electron chi connectivity index (χ3n) is 2.49. The summed E-state index contributed by atoms with van der Waals surface area (Å²) in [5, 5.41) is 10.8. The molecule has 1 saturated heterocycles. The first kappa shape index (κ1) is 11.7. The lowest BCUT2D eigenvalue weighted by Crippen LogP contribution is -2.32. The van der Waals surface area contributed by atoms with Crippen LogP contribution < -0.4 is 4.74 Å². The molecule has 92 valence electrons. The van der Waals surface area contributed by atoms with E-state index >= 15 is 0 Å². The van der Waals surface area contributed by atoms with Gasteiger partial charge in [0.25, 0.3) is 5.88 Å².